The van der Waals surface area contributed by atoms with Gasteiger partial charge in [-0.25, -0.2) is 4.39 Å². The van der Waals surface area contributed by atoms with Crippen molar-refractivity contribution in [2.45, 2.75) is 12.8 Å². The van der Waals surface area contributed by atoms with Crippen LogP contribution in [0.5, 0.6) is 0 Å². The fourth-order valence-electron chi connectivity index (χ4n) is 2.81. The highest BCUT2D eigenvalue weighted by molar-refractivity contribution is 7.10. The Morgan fingerprint density at radius 1 is 0.958 bits per heavy atom. The summed E-state index contributed by atoms with van der Waals surface area (Å²) < 4.78 is 13.2. The van der Waals surface area contributed by atoms with E-state index in [0.717, 1.165) is 4.88 Å². The highest BCUT2D eigenvalue weighted by Crippen LogP contribution is 2.13. The van der Waals surface area contributed by atoms with Gasteiger partial charge in [-0.15, -0.1) is 11.3 Å². The number of hydrogen-bond acceptors (Lipinski definition) is 3. The first kappa shape index (κ1) is 16.6. The summed E-state index contributed by atoms with van der Waals surface area (Å²) in [6, 6.07) is 10.0. The smallest absolute Gasteiger partial charge is 0.227 e. The SMILES string of the molecule is O=C(Cc1cccc(F)c1)N1CCN(C(=O)Cc2cccs2)CC1. The number of amides is 2. The molecule has 2 aromatic rings. The lowest BCUT2D eigenvalue weighted by Crippen LogP contribution is -2.51. The minimum Gasteiger partial charge on any atom is -0.339 e. The van der Waals surface area contributed by atoms with Gasteiger partial charge in [0.05, 0.1) is 12.8 Å². The van der Waals surface area contributed by atoms with E-state index in [4.69, 9.17) is 0 Å². The van der Waals surface area contributed by atoms with Crippen molar-refractivity contribution >= 4 is 23.2 Å². The Labute approximate surface area is 144 Å². The van der Waals surface area contributed by atoms with Crippen LogP contribution in [0, 0.1) is 5.82 Å². The van der Waals surface area contributed by atoms with Gasteiger partial charge in [0.15, 0.2) is 0 Å². The summed E-state index contributed by atoms with van der Waals surface area (Å²) in [6.07, 6.45) is 0.621. The van der Waals surface area contributed by atoms with Crippen LogP contribution in [0.2, 0.25) is 0 Å². The molecule has 0 radical (unpaired) electrons. The zero-order valence-electron chi connectivity index (χ0n) is 13.3. The summed E-state index contributed by atoms with van der Waals surface area (Å²) in [4.78, 5) is 29.2. The summed E-state index contributed by atoms with van der Waals surface area (Å²) in [5.74, 6) is -0.245. The molecule has 1 aromatic carbocycles. The van der Waals surface area contributed by atoms with E-state index >= 15 is 0 Å². The van der Waals surface area contributed by atoms with Gasteiger partial charge in [0.2, 0.25) is 11.8 Å². The Balaban J connectivity index is 1.49. The fourth-order valence-corrected chi connectivity index (χ4v) is 3.51. The maximum atomic E-state index is 13.2. The van der Waals surface area contributed by atoms with Crippen LogP contribution in [0.15, 0.2) is 41.8 Å². The number of thiophene rings is 1. The average Bonchev–Trinajstić information content (AvgIpc) is 3.08. The Bertz CT molecular complexity index is 710. The summed E-state index contributed by atoms with van der Waals surface area (Å²) in [5, 5.41) is 1.96. The number of nitrogens with zero attached hydrogens (tertiary/aromatic N) is 2. The van der Waals surface area contributed by atoms with Crippen LogP contribution in [0.25, 0.3) is 0 Å². The van der Waals surface area contributed by atoms with Crippen LogP contribution in [0.1, 0.15) is 10.4 Å². The third-order valence-electron chi connectivity index (χ3n) is 4.14. The number of rotatable bonds is 4. The van der Waals surface area contributed by atoms with E-state index < -0.39 is 0 Å². The lowest BCUT2D eigenvalue weighted by Gasteiger charge is -2.35. The van der Waals surface area contributed by atoms with Gasteiger partial charge in [-0.1, -0.05) is 18.2 Å². The van der Waals surface area contributed by atoms with Crippen LogP contribution < -0.4 is 0 Å². The zero-order chi connectivity index (χ0) is 16.9. The van der Waals surface area contributed by atoms with Crippen molar-refractivity contribution in [1.29, 1.82) is 0 Å². The molecule has 1 aliphatic heterocycles. The van der Waals surface area contributed by atoms with Crippen LogP contribution in [-0.2, 0) is 22.4 Å². The van der Waals surface area contributed by atoms with Gasteiger partial charge < -0.3 is 9.80 Å². The summed E-state index contributed by atoms with van der Waals surface area (Å²) in [5.41, 5.74) is 0.677. The maximum absolute atomic E-state index is 13.2. The molecule has 0 unspecified atom stereocenters. The van der Waals surface area contributed by atoms with Crippen molar-refractivity contribution in [1.82, 2.24) is 9.80 Å². The first-order valence-electron chi connectivity index (χ1n) is 7.94. The molecule has 0 aliphatic carbocycles. The normalized spacial score (nSPS) is 14.7. The van der Waals surface area contributed by atoms with Crippen molar-refractivity contribution in [3.05, 3.63) is 58.0 Å². The van der Waals surface area contributed by atoms with E-state index in [1.165, 1.54) is 12.1 Å². The molecule has 2 heterocycles. The fraction of sp³-hybridized carbons (Fsp3) is 0.333. The molecule has 24 heavy (non-hydrogen) atoms. The van der Waals surface area contributed by atoms with Crippen molar-refractivity contribution in [3.63, 3.8) is 0 Å². The number of hydrogen-bond donors (Lipinski definition) is 0. The van der Waals surface area contributed by atoms with E-state index in [9.17, 15) is 14.0 Å². The summed E-state index contributed by atoms with van der Waals surface area (Å²) in [6.45, 7) is 2.17. The largest absolute Gasteiger partial charge is 0.339 e. The molecule has 0 spiro atoms. The molecule has 1 saturated heterocycles. The minimum absolute atomic E-state index is 0.0223. The van der Waals surface area contributed by atoms with Gasteiger partial charge in [0, 0.05) is 31.1 Å². The first-order chi connectivity index (χ1) is 11.6. The predicted molar refractivity (Wildman–Crippen MR) is 91.3 cm³/mol. The number of halogens is 1. The van der Waals surface area contributed by atoms with E-state index in [1.54, 1.807) is 28.4 Å². The maximum Gasteiger partial charge on any atom is 0.227 e. The van der Waals surface area contributed by atoms with Gasteiger partial charge in [-0.2, -0.15) is 0 Å². The van der Waals surface area contributed by atoms with Crippen LogP contribution >= 0.6 is 11.3 Å². The molecule has 126 valence electrons. The Morgan fingerprint density at radius 3 is 2.21 bits per heavy atom. The topological polar surface area (TPSA) is 40.6 Å². The zero-order valence-corrected chi connectivity index (χ0v) is 14.1. The lowest BCUT2D eigenvalue weighted by molar-refractivity contribution is -0.138. The van der Waals surface area contributed by atoms with Crippen molar-refractivity contribution < 1.29 is 14.0 Å². The predicted octanol–water partition coefficient (Wildman–Crippen LogP) is 2.34. The van der Waals surface area contributed by atoms with Gasteiger partial charge in [0.25, 0.3) is 0 Å². The number of carbonyl (C=O) groups excluding carboxylic acids is 2. The van der Waals surface area contributed by atoms with Gasteiger partial charge >= 0.3 is 0 Å². The minimum atomic E-state index is -0.329. The molecule has 0 saturated carbocycles. The number of piperazine rings is 1. The molecule has 0 bridgehead atoms. The Morgan fingerprint density at radius 2 is 1.62 bits per heavy atom. The summed E-state index contributed by atoms with van der Waals surface area (Å²) in [7, 11) is 0. The molecule has 0 N–H and O–H groups in total. The third kappa shape index (κ3) is 4.20. The molecular formula is C18H19FN2O2S. The second-order valence-corrected chi connectivity index (χ2v) is 6.86. The summed E-state index contributed by atoms with van der Waals surface area (Å²) >= 11 is 1.58. The van der Waals surface area contributed by atoms with E-state index in [0.29, 0.717) is 38.2 Å². The molecule has 0 atom stereocenters. The standard InChI is InChI=1S/C18H19FN2O2S/c19-15-4-1-3-14(11-15)12-17(22)20-6-8-21(9-7-20)18(23)13-16-5-2-10-24-16/h1-5,10-11H,6-9,12-13H2. The molecule has 1 aromatic heterocycles. The molecule has 1 aliphatic rings. The number of benzene rings is 1. The van der Waals surface area contributed by atoms with Crippen LogP contribution in [0.3, 0.4) is 0 Å². The van der Waals surface area contributed by atoms with Crippen molar-refractivity contribution in [2.75, 3.05) is 26.2 Å². The molecule has 2 amide bonds. The van der Waals surface area contributed by atoms with Crippen LogP contribution in [-0.4, -0.2) is 47.8 Å². The highest BCUT2D eigenvalue weighted by Gasteiger charge is 2.24. The van der Waals surface area contributed by atoms with Crippen molar-refractivity contribution in [3.8, 4) is 0 Å². The van der Waals surface area contributed by atoms with Gasteiger partial charge in [-0.05, 0) is 29.1 Å². The second kappa shape index (κ2) is 7.57. The molecule has 3 rings (SSSR count). The van der Waals surface area contributed by atoms with Crippen LogP contribution in [0.4, 0.5) is 4.39 Å². The van der Waals surface area contributed by atoms with E-state index in [2.05, 4.69) is 0 Å². The van der Waals surface area contributed by atoms with E-state index in [-0.39, 0.29) is 24.1 Å². The second-order valence-electron chi connectivity index (χ2n) is 5.82. The Kier molecular flexibility index (Phi) is 5.25. The molecule has 6 heteroatoms. The quantitative estimate of drug-likeness (QED) is 0.853. The third-order valence-corrected chi connectivity index (χ3v) is 5.01. The van der Waals surface area contributed by atoms with Crippen molar-refractivity contribution in [2.24, 2.45) is 0 Å². The number of carbonyl (C=O) groups is 2. The lowest BCUT2D eigenvalue weighted by atomic mass is 10.1. The molecule has 4 nitrogen and oxygen atoms in total. The van der Waals surface area contributed by atoms with E-state index in [1.807, 2.05) is 22.4 Å². The molecular weight excluding hydrogens is 327 g/mol. The Hall–Kier alpha value is -2.21. The molecule has 1 fully saturated rings. The monoisotopic (exact) mass is 346 g/mol. The first-order valence-corrected chi connectivity index (χ1v) is 8.82. The van der Waals surface area contributed by atoms with Gasteiger partial charge in [-0.3, -0.25) is 9.59 Å². The average molecular weight is 346 g/mol. The van der Waals surface area contributed by atoms with Gasteiger partial charge in [0.1, 0.15) is 5.82 Å². The highest BCUT2D eigenvalue weighted by atomic mass is 32.1.